The van der Waals surface area contributed by atoms with Gasteiger partial charge in [0.05, 0.1) is 12.7 Å². The van der Waals surface area contributed by atoms with Crippen LogP contribution in [0.1, 0.15) is 13.8 Å². The summed E-state index contributed by atoms with van der Waals surface area (Å²) in [5.41, 5.74) is 0. The van der Waals surface area contributed by atoms with Crippen LogP contribution in [-0.2, 0) is 14.6 Å². The van der Waals surface area contributed by atoms with Gasteiger partial charge in [-0.2, -0.15) is 0 Å². The minimum Gasteiger partial charge on any atom is -0.377 e. The molecule has 0 radical (unpaired) electrons. The van der Waals surface area contributed by atoms with Gasteiger partial charge in [-0.05, 0) is 26.0 Å². The van der Waals surface area contributed by atoms with Crippen molar-refractivity contribution in [3.63, 3.8) is 0 Å². The lowest BCUT2D eigenvalue weighted by Crippen LogP contribution is -2.15. The largest absolute Gasteiger partial charge is 0.377 e. The summed E-state index contributed by atoms with van der Waals surface area (Å²) in [6, 6.07) is 3.14. The van der Waals surface area contributed by atoms with Gasteiger partial charge < -0.3 is 10.1 Å². The number of anilines is 1. The van der Waals surface area contributed by atoms with Gasteiger partial charge in [-0.3, -0.25) is 0 Å². The fraction of sp³-hybridized carbons (Fsp3) is 0.545. The molecule has 0 aliphatic rings. The third-order valence-corrected chi connectivity index (χ3v) is 3.14. The van der Waals surface area contributed by atoms with Crippen LogP contribution in [0.2, 0.25) is 0 Å². The summed E-state index contributed by atoms with van der Waals surface area (Å²) in [6.07, 6.45) is 2.88. The zero-order valence-electron chi connectivity index (χ0n) is 10.3. The zero-order chi connectivity index (χ0) is 12.9. The maximum absolute atomic E-state index is 11.5. The second-order valence-corrected chi connectivity index (χ2v) is 5.95. The Kier molecular flexibility index (Phi) is 4.89. The summed E-state index contributed by atoms with van der Waals surface area (Å²) in [7, 11) is -3.25. The molecule has 96 valence electrons. The summed E-state index contributed by atoms with van der Waals surface area (Å²) in [5.74, 6) is 0.377. The van der Waals surface area contributed by atoms with E-state index in [4.69, 9.17) is 4.74 Å². The molecule has 0 fully saturated rings. The van der Waals surface area contributed by atoms with Crippen LogP contribution in [-0.4, -0.2) is 38.9 Å². The fourth-order valence-corrected chi connectivity index (χ4v) is 2.09. The molecule has 1 aromatic heterocycles. The lowest BCUT2D eigenvalue weighted by molar-refractivity contribution is 0.0870. The van der Waals surface area contributed by atoms with Gasteiger partial charge in [-0.1, -0.05) is 0 Å². The number of pyridine rings is 1. The van der Waals surface area contributed by atoms with E-state index in [2.05, 4.69) is 10.3 Å². The van der Waals surface area contributed by atoms with Crippen molar-refractivity contribution in [2.45, 2.75) is 24.8 Å². The van der Waals surface area contributed by atoms with Crippen LogP contribution in [0.25, 0.3) is 0 Å². The van der Waals surface area contributed by atoms with E-state index in [1.165, 1.54) is 12.3 Å². The average Bonchev–Trinajstić information content (AvgIpc) is 2.23. The van der Waals surface area contributed by atoms with Crippen LogP contribution in [0.3, 0.4) is 0 Å². The summed E-state index contributed by atoms with van der Waals surface area (Å²) in [6.45, 7) is 4.93. The van der Waals surface area contributed by atoms with Crippen molar-refractivity contribution in [2.24, 2.45) is 0 Å². The lowest BCUT2D eigenvalue weighted by Gasteiger charge is -2.11. The highest BCUT2D eigenvalue weighted by atomic mass is 32.2. The van der Waals surface area contributed by atoms with Crippen LogP contribution in [0, 0.1) is 0 Å². The van der Waals surface area contributed by atoms with E-state index in [0.29, 0.717) is 19.0 Å². The van der Waals surface area contributed by atoms with Crippen LogP contribution >= 0.6 is 0 Å². The molecular formula is C11H18N2O3S. The normalized spacial score (nSPS) is 11.8. The smallest absolute Gasteiger partial charge is 0.179 e. The first-order chi connectivity index (χ1) is 7.91. The third-order valence-electron chi connectivity index (χ3n) is 2.02. The molecule has 0 spiro atoms. The lowest BCUT2D eigenvalue weighted by atomic mass is 10.4. The molecule has 1 heterocycles. The van der Waals surface area contributed by atoms with Crippen LogP contribution < -0.4 is 5.32 Å². The summed E-state index contributed by atoms with van der Waals surface area (Å²) in [5, 5.41) is 2.96. The Bertz CT molecular complexity index is 458. The fourth-order valence-electron chi connectivity index (χ4n) is 1.29. The van der Waals surface area contributed by atoms with E-state index in [-0.39, 0.29) is 11.0 Å². The number of nitrogens with zero attached hydrogens (tertiary/aromatic N) is 1. The Morgan fingerprint density at radius 2 is 2.18 bits per heavy atom. The van der Waals surface area contributed by atoms with Gasteiger partial charge in [-0.25, -0.2) is 13.4 Å². The number of hydrogen-bond acceptors (Lipinski definition) is 5. The standard InChI is InChI=1S/C11H18N2O3S/c1-9(2)16-8-7-13-11-10(17(3,14)15)5-4-6-12-11/h4-6,9H,7-8H2,1-3H3,(H,12,13). The molecule has 0 aliphatic heterocycles. The summed E-state index contributed by atoms with van der Waals surface area (Å²) in [4.78, 5) is 4.23. The van der Waals surface area contributed by atoms with Crippen molar-refractivity contribution < 1.29 is 13.2 Å². The first kappa shape index (κ1) is 13.9. The van der Waals surface area contributed by atoms with E-state index in [1.807, 2.05) is 13.8 Å². The molecule has 1 rings (SSSR count). The molecule has 0 aliphatic carbocycles. The molecule has 6 heteroatoms. The van der Waals surface area contributed by atoms with Crippen LogP contribution in [0.4, 0.5) is 5.82 Å². The second kappa shape index (κ2) is 5.97. The maximum atomic E-state index is 11.5. The minimum atomic E-state index is -3.25. The molecular weight excluding hydrogens is 240 g/mol. The Hall–Kier alpha value is -1.14. The molecule has 1 aromatic rings. The highest BCUT2D eigenvalue weighted by Crippen LogP contribution is 2.17. The number of aromatic nitrogens is 1. The average molecular weight is 258 g/mol. The Balaban J connectivity index is 2.65. The molecule has 0 atom stereocenters. The van der Waals surface area contributed by atoms with Gasteiger partial charge >= 0.3 is 0 Å². The van der Waals surface area contributed by atoms with Gasteiger partial charge in [0.15, 0.2) is 9.84 Å². The second-order valence-electron chi connectivity index (χ2n) is 3.97. The van der Waals surface area contributed by atoms with E-state index >= 15 is 0 Å². The van der Waals surface area contributed by atoms with Gasteiger partial charge in [0.25, 0.3) is 0 Å². The van der Waals surface area contributed by atoms with Crippen molar-refractivity contribution in [1.29, 1.82) is 0 Å². The van der Waals surface area contributed by atoms with Crippen LogP contribution in [0.15, 0.2) is 23.2 Å². The predicted octanol–water partition coefficient (Wildman–Crippen LogP) is 1.32. The quantitative estimate of drug-likeness (QED) is 0.779. The number of rotatable bonds is 6. The molecule has 0 saturated heterocycles. The van der Waals surface area contributed by atoms with E-state index in [0.717, 1.165) is 0 Å². The van der Waals surface area contributed by atoms with Crippen molar-refractivity contribution in [3.05, 3.63) is 18.3 Å². The Morgan fingerprint density at radius 3 is 2.76 bits per heavy atom. The molecule has 0 amide bonds. The van der Waals surface area contributed by atoms with E-state index in [9.17, 15) is 8.42 Å². The van der Waals surface area contributed by atoms with E-state index in [1.54, 1.807) is 12.3 Å². The number of nitrogens with one attached hydrogen (secondary N) is 1. The number of ether oxygens (including phenoxy) is 1. The summed E-state index contributed by atoms with van der Waals surface area (Å²) < 4.78 is 28.3. The van der Waals surface area contributed by atoms with Crippen LogP contribution in [0.5, 0.6) is 0 Å². The Morgan fingerprint density at radius 1 is 1.47 bits per heavy atom. The van der Waals surface area contributed by atoms with Crippen molar-refractivity contribution >= 4 is 15.7 Å². The first-order valence-corrected chi connectivity index (χ1v) is 7.31. The monoisotopic (exact) mass is 258 g/mol. The molecule has 0 saturated carbocycles. The predicted molar refractivity (Wildman–Crippen MR) is 66.9 cm³/mol. The Labute approximate surface area is 102 Å². The van der Waals surface area contributed by atoms with Gasteiger partial charge in [-0.15, -0.1) is 0 Å². The first-order valence-electron chi connectivity index (χ1n) is 5.42. The zero-order valence-corrected chi connectivity index (χ0v) is 11.1. The third kappa shape index (κ3) is 4.70. The SMILES string of the molecule is CC(C)OCCNc1ncccc1S(C)(=O)=O. The van der Waals surface area contributed by atoms with Crippen molar-refractivity contribution in [3.8, 4) is 0 Å². The maximum Gasteiger partial charge on any atom is 0.179 e. The van der Waals surface area contributed by atoms with Gasteiger partial charge in [0.2, 0.25) is 0 Å². The molecule has 0 unspecified atom stereocenters. The molecule has 17 heavy (non-hydrogen) atoms. The highest BCUT2D eigenvalue weighted by molar-refractivity contribution is 7.90. The molecule has 5 nitrogen and oxygen atoms in total. The number of sulfone groups is 1. The minimum absolute atomic E-state index is 0.162. The summed E-state index contributed by atoms with van der Waals surface area (Å²) >= 11 is 0. The van der Waals surface area contributed by atoms with Gasteiger partial charge in [0.1, 0.15) is 10.7 Å². The number of hydrogen-bond donors (Lipinski definition) is 1. The van der Waals surface area contributed by atoms with Crippen molar-refractivity contribution in [2.75, 3.05) is 24.7 Å². The highest BCUT2D eigenvalue weighted by Gasteiger charge is 2.13. The molecule has 0 aromatic carbocycles. The topological polar surface area (TPSA) is 68.3 Å². The van der Waals surface area contributed by atoms with Crippen molar-refractivity contribution in [1.82, 2.24) is 4.98 Å². The molecule has 1 N–H and O–H groups in total. The van der Waals surface area contributed by atoms with E-state index < -0.39 is 9.84 Å². The van der Waals surface area contributed by atoms with Gasteiger partial charge in [0, 0.05) is 19.0 Å². The molecule has 0 bridgehead atoms.